The number of nitrogens with zero attached hydrogens (tertiary/aromatic N) is 6. The molecule has 7 heteroatoms. The van der Waals surface area contributed by atoms with Gasteiger partial charge in [0, 0.05) is 82.4 Å². The molecule has 500 valence electrons. The summed E-state index contributed by atoms with van der Waals surface area (Å²) in [4.78, 5) is 5.72. The highest BCUT2D eigenvalue weighted by Crippen LogP contribution is 2.55. The van der Waals surface area contributed by atoms with Crippen molar-refractivity contribution in [3.05, 3.63) is 295 Å². The van der Waals surface area contributed by atoms with Gasteiger partial charge in [-0.15, -0.1) is 11.3 Å². The molecule has 0 saturated carbocycles. The largest absolute Gasteiger partial charge is 0.309 e. The molecule has 0 aliphatic heterocycles. The highest BCUT2D eigenvalue weighted by atomic mass is 32.1. The summed E-state index contributed by atoms with van der Waals surface area (Å²) >= 11 is 1.68. The molecule has 103 heavy (non-hydrogen) atoms. The third-order valence-corrected chi connectivity index (χ3v) is 22.8. The molecular weight excluding hydrogens is 1270 g/mol. The van der Waals surface area contributed by atoms with Gasteiger partial charge < -0.3 is 18.3 Å². The predicted octanol–water partition coefficient (Wildman–Crippen LogP) is 26.4. The molecule has 0 bridgehead atoms. The Labute approximate surface area is 605 Å². The Hall–Kier alpha value is -11.6. The second-order valence-electron chi connectivity index (χ2n) is 32.3. The van der Waals surface area contributed by atoms with Crippen molar-refractivity contribution < 1.29 is 0 Å². The number of thiazole rings is 1. The molecule has 0 radical (unpaired) electrons. The molecule has 0 N–H and O–H groups in total. The average Bonchev–Trinajstić information content (AvgIpc) is 1.69. The van der Waals surface area contributed by atoms with Crippen LogP contribution in [0, 0.1) is 11.3 Å². The number of aromatic nitrogens is 5. The van der Waals surface area contributed by atoms with Crippen LogP contribution in [0.3, 0.4) is 0 Å². The maximum absolute atomic E-state index is 12.9. The zero-order chi connectivity index (χ0) is 70.8. The van der Waals surface area contributed by atoms with Gasteiger partial charge in [-0.2, -0.15) is 5.26 Å². The van der Waals surface area contributed by atoms with E-state index in [-0.39, 0.29) is 21.7 Å². The number of rotatable bonds is 8. The predicted molar refractivity (Wildman–Crippen MR) is 438 cm³/mol. The van der Waals surface area contributed by atoms with Crippen LogP contribution in [0.1, 0.15) is 111 Å². The Kier molecular flexibility index (Phi) is 14.4. The fourth-order valence-electron chi connectivity index (χ4n) is 16.3. The fourth-order valence-corrected chi connectivity index (χ4v) is 17.3. The summed E-state index contributed by atoms with van der Waals surface area (Å²) in [5.41, 5.74) is 25.6. The van der Waals surface area contributed by atoms with Crippen molar-refractivity contribution >= 4 is 109 Å². The minimum absolute atomic E-state index is 0.0284. The van der Waals surface area contributed by atoms with Gasteiger partial charge in [-0.3, -0.25) is 0 Å². The standard InChI is InChI=1S/C96H80N6S/c1-93(2,3)61-39-49-82-72(53-61)68-23-13-18-28-78(68)99(82)65-43-33-58(34-44-65)87-76(57-97)88(59-35-45-66(46-36-59)100-79-29-19-14-24-69(79)73-54-62(94(4,5)6)40-50-83(73)100)91(102-81-31-21-16-26-71(81)75-56-64(96(10,11)12)42-52-85(75)102)89(90(87)92-98-77-27-17-22-32-86(77)103-92)60-37-47-67(48-38-60)101-80-30-20-15-25-70(80)74-55-63(95(7,8)9)41-51-84(74)101/h13-56H,1-12H3. The summed E-state index contributed by atoms with van der Waals surface area (Å²) in [6.07, 6.45) is 0. The van der Waals surface area contributed by atoms with Crippen molar-refractivity contribution in [3.63, 3.8) is 0 Å². The Morgan fingerprint density at radius 3 is 0.942 bits per heavy atom. The van der Waals surface area contributed by atoms with Crippen molar-refractivity contribution in [2.45, 2.75) is 105 Å². The van der Waals surface area contributed by atoms with Crippen LogP contribution < -0.4 is 0 Å². The Morgan fingerprint density at radius 2 is 0.592 bits per heavy atom. The van der Waals surface area contributed by atoms with Gasteiger partial charge in [0.2, 0.25) is 0 Å². The number of hydrogen-bond acceptors (Lipinski definition) is 3. The smallest absolute Gasteiger partial charge is 0.125 e. The second-order valence-corrected chi connectivity index (χ2v) is 33.3. The van der Waals surface area contributed by atoms with E-state index in [4.69, 9.17) is 4.98 Å². The van der Waals surface area contributed by atoms with Crippen molar-refractivity contribution in [2.75, 3.05) is 0 Å². The van der Waals surface area contributed by atoms with Crippen LogP contribution >= 0.6 is 11.3 Å². The molecule has 18 rings (SSSR count). The molecule has 0 atom stereocenters. The van der Waals surface area contributed by atoms with Gasteiger partial charge in [0.05, 0.1) is 65.6 Å². The zero-order valence-electron chi connectivity index (χ0n) is 60.5. The minimum atomic E-state index is -0.129. The quantitative estimate of drug-likeness (QED) is 0.152. The molecule has 5 aromatic heterocycles. The lowest BCUT2D eigenvalue weighted by Crippen LogP contribution is -2.11. The van der Waals surface area contributed by atoms with Crippen molar-refractivity contribution in [3.8, 4) is 72.8 Å². The molecule has 13 aromatic carbocycles. The first-order chi connectivity index (χ1) is 49.6. The molecule has 0 aliphatic rings. The van der Waals surface area contributed by atoms with Gasteiger partial charge in [-0.25, -0.2) is 4.98 Å². The maximum atomic E-state index is 12.9. The van der Waals surface area contributed by atoms with Crippen LogP contribution in [0.25, 0.3) is 164 Å². The van der Waals surface area contributed by atoms with Gasteiger partial charge in [-0.1, -0.05) is 229 Å². The number of para-hydroxylation sites is 5. The summed E-state index contributed by atoms with van der Waals surface area (Å²) in [5.74, 6) is 0. The van der Waals surface area contributed by atoms with Crippen LogP contribution in [0.15, 0.2) is 267 Å². The molecule has 0 saturated heterocycles. The van der Waals surface area contributed by atoms with Gasteiger partial charge in [0.25, 0.3) is 0 Å². The van der Waals surface area contributed by atoms with Crippen LogP contribution in [-0.4, -0.2) is 23.3 Å². The minimum Gasteiger partial charge on any atom is -0.309 e. The van der Waals surface area contributed by atoms with E-state index in [1.807, 2.05) is 0 Å². The van der Waals surface area contributed by atoms with E-state index < -0.39 is 0 Å². The van der Waals surface area contributed by atoms with Gasteiger partial charge in [0.1, 0.15) is 11.1 Å². The molecule has 5 heterocycles. The third kappa shape index (κ3) is 10.2. The molecule has 0 unspecified atom stereocenters. The summed E-state index contributed by atoms with van der Waals surface area (Å²) in [7, 11) is 0. The van der Waals surface area contributed by atoms with Crippen molar-refractivity contribution in [1.82, 2.24) is 23.3 Å². The van der Waals surface area contributed by atoms with Crippen molar-refractivity contribution in [1.29, 1.82) is 5.26 Å². The van der Waals surface area contributed by atoms with Crippen molar-refractivity contribution in [2.24, 2.45) is 0 Å². The van der Waals surface area contributed by atoms with Crippen LogP contribution in [0.5, 0.6) is 0 Å². The molecule has 0 aliphatic carbocycles. The number of hydrogen-bond donors (Lipinski definition) is 0. The van der Waals surface area contributed by atoms with E-state index in [1.165, 1.54) is 54.6 Å². The fraction of sp³-hybridized carbons (Fsp3) is 0.167. The lowest BCUT2D eigenvalue weighted by Gasteiger charge is -2.27. The number of benzene rings is 13. The normalized spacial score (nSPS) is 12.7. The highest BCUT2D eigenvalue weighted by Gasteiger charge is 2.34. The first-order valence-electron chi connectivity index (χ1n) is 36.1. The summed E-state index contributed by atoms with van der Waals surface area (Å²) in [6, 6.07) is 102. The van der Waals surface area contributed by atoms with E-state index in [2.05, 4.69) is 374 Å². The summed E-state index contributed by atoms with van der Waals surface area (Å²) in [5, 5.41) is 23.3. The molecular formula is C96H80N6S. The highest BCUT2D eigenvalue weighted by molar-refractivity contribution is 7.21. The average molecular weight is 1350 g/mol. The van der Waals surface area contributed by atoms with Crippen LogP contribution in [-0.2, 0) is 21.7 Å². The SMILES string of the molecule is CC(C)(C)c1ccc2c(c1)c1ccccc1n2-c1ccc(-c2c(C#N)c(-c3ccc(-n4c5ccccc5c5cc(C(C)(C)C)ccc54)cc3)c(-n3c4ccccc4c4cc(C(C)(C)C)ccc43)c(-c3ccc(-n4c5ccccc5c5cc(C(C)(C)C)ccc54)cc3)c2-c2nc3ccccc3s2)cc1. The number of fused-ring (bicyclic) bond motifs is 13. The van der Waals surface area contributed by atoms with Crippen LogP contribution in [0.2, 0.25) is 0 Å². The zero-order valence-corrected chi connectivity index (χ0v) is 61.3. The van der Waals surface area contributed by atoms with Crippen LogP contribution in [0.4, 0.5) is 0 Å². The molecule has 0 amide bonds. The lowest BCUT2D eigenvalue weighted by molar-refractivity contribution is 0.591. The maximum Gasteiger partial charge on any atom is 0.125 e. The summed E-state index contributed by atoms with van der Waals surface area (Å²) in [6.45, 7) is 27.5. The molecule has 18 aromatic rings. The summed E-state index contributed by atoms with van der Waals surface area (Å²) < 4.78 is 10.8. The molecule has 0 fully saturated rings. The molecule has 0 spiro atoms. The second kappa shape index (κ2) is 23.2. The van der Waals surface area contributed by atoms with E-state index >= 15 is 0 Å². The van der Waals surface area contributed by atoms with Gasteiger partial charge in [0.15, 0.2) is 0 Å². The monoisotopic (exact) mass is 1350 g/mol. The topological polar surface area (TPSA) is 56.4 Å². The Morgan fingerprint density at radius 1 is 0.291 bits per heavy atom. The third-order valence-electron chi connectivity index (χ3n) is 21.7. The van der Waals surface area contributed by atoms with E-state index in [0.717, 1.165) is 132 Å². The molecule has 6 nitrogen and oxygen atoms in total. The Balaban J connectivity index is 0.972. The number of nitriles is 1. The lowest BCUT2D eigenvalue weighted by atomic mass is 9.81. The van der Waals surface area contributed by atoms with E-state index in [0.29, 0.717) is 5.56 Å². The van der Waals surface area contributed by atoms with Gasteiger partial charge >= 0.3 is 0 Å². The van der Waals surface area contributed by atoms with E-state index in [1.54, 1.807) is 11.3 Å². The Bertz CT molecular complexity index is 6530. The first-order valence-corrected chi connectivity index (χ1v) is 36.9. The first kappa shape index (κ1) is 63.6. The van der Waals surface area contributed by atoms with E-state index in [9.17, 15) is 5.26 Å². The van der Waals surface area contributed by atoms with Gasteiger partial charge in [-0.05, 0) is 182 Å².